The van der Waals surface area contributed by atoms with Gasteiger partial charge in [-0.25, -0.2) is 9.97 Å². The van der Waals surface area contributed by atoms with E-state index in [-0.39, 0.29) is 0 Å². The lowest BCUT2D eigenvalue weighted by atomic mass is 9.99. The van der Waals surface area contributed by atoms with Gasteiger partial charge >= 0.3 is 6.01 Å². The summed E-state index contributed by atoms with van der Waals surface area (Å²) in [6.07, 6.45) is 5.68. The molecule has 1 unspecified atom stereocenters. The molecule has 1 aliphatic heterocycles. The van der Waals surface area contributed by atoms with Gasteiger partial charge in [-0.1, -0.05) is 0 Å². The van der Waals surface area contributed by atoms with Gasteiger partial charge in [-0.2, -0.15) is 0 Å². The second kappa shape index (κ2) is 6.62. The molecule has 2 aromatic rings. The van der Waals surface area contributed by atoms with E-state index in [1.807, 2.05) is 6.92 Å². The van der Waals surface area contributed by atoms with Crippen LogP contribution in [0.4, 0.5) is 0 Å². The van der Waals surface area contributed by atoms with Gasteiger partial charge in [0, 0.05) is 31.8 Å². The van der Waals surface area contributed by atoms with Gasteiger partial charge in [-0.15, -0.1) is 10.2 Å². The Morgan fingerprint density at radius 1 is 1.33 bits per heavy atom. The fourth-order valence-electron chi connectivity index (χ4n) is 2.58. The number of ether oxygens (including phenoxy) is 1. The van der Waals surface area contributed by atoms with Gasteiger partial charge in [0.25, 0.3) is 0 Å². The standard InChI is InChI=1S/C14H19N5O2/c1-11-17-18-13(21-11)9-19-7-2-4-12(8-19)10-20-14-15-5-3-6-16-14/h3,5-6,12H,2,4,7-10H2,1H3. The van der Waals surface area contributed by atoms with Crippen LogP contribution >= 0.6 is 0 Å². The molecular formula is C14H19N5O2. The molecule has 7 nitrogen and oxygen atoms in total. The molecule has 0 spiro atoms. The van der Waals surface area contributed by atoms with Crippen molar-refractivity contribution in [2.75, 3.05) is 19.7 Å². The Morgan fingerprint density at radius 2 is 2.19 bits per heavy atom. The maximum atomic E-state index is 5.65. The summed E-state index contributed by atoms with van der Waals surface area (Å²) < 4.78 is 11.1. The number of hydrogen-bond acceptors (Lipinski definition) is 7. The number of rotatable bonds is 5. The molecule has 3 rings (SSSR count). The Bertz CT molecular complexity index is 560. The monoisotopic (exact) mass is 289 g/mol. The van der Waals surface area contributed by atoms with Crippen molar-refractivity contribution >= 4 is 0 Å². The highest BCUT2D eigenvalue weighted by atomic mass is 16.5. The third kappa shape index (κ3) is 3.98. The van der Waals surface area contributed by atoms with Crippen LogP contribution in [0.2, 0.25) is 0 Å². The molecule has 1 aliphatic rings. The van der Waals surface area contributed by atoms with Gasteiger partial charge < -0.3 is 9.15 Å². The van der Waals surface area contributed by atoms with Crippen LogP contribution in [0.1, 0.15) is 24.6 Å². The first kappa shape index (κ1) is 13.9. The lowest BCUT2D eigenvalue weighted by Gasteiger charge is -2.31. The molecule has 0 aromatic carbocycles. The molecule has 112 valence electrons. The fraction of sp³-hybridized carbons (Fsp3) is 0.571. The average molecular weight is 289 g/mol. The van der Waals surface area contributed by atoms with E-state index < -0.39 is 0 Å². The van der Waals surface area contributed by atoms with Crippen molar-refractivity contribution in [1.82, 2.24) is 25.1 Å². The van der Waals surface area contributed by atoms with Crippen molar-refractivity contribution in [3.63, 3.8) is 0 Å². The van der Waals surface area contributed by atoms with Gasteiger partial charge in [-0.3, -0.25) is 4.90 Å². The van der Waals surface area contributed by atoms with Crippen molar-refractivity contribution in [1.29, 1.82) is 0 Å². The van der Waals surface area contributed by atoms with Crippen molar-refractivity contribution in [2.45, 2.75) is 26.3 Å². The van der Waals surface area contributed by atoms with E-state index in [0.29, 0.717) is 36.9 Å². The number of hydrogen-bond donors (Lipinski definition) is 0. The molecule has 0 saturated carbocycles. The quantitative estimate of drug-likeness (QED) is 0.824. The zero-order valence-electron chi connectivity index (χ0n) is 12.1. The zero-order chi connectivity index (χ0) is 14.5. The molecular weight excluding hydrogens is 270 g/mol. The van der Waals surface area contributed by atoms with Crippen LogP contribution in [0.25, 0.3) is 0 Å². The number of piperidine rings is 1. The van der Waals surface area contributed by atoms with E-state index in [4.69, 9.17) is 9.15 Å². The van der Waals surface area contributed by atoms with Crippen molar-refractivity contribution in [3.05, 3.63) is 30.2 Å². The molecule has 2 aromatic heterocycles. The van der Waals surface area contributed by atoms with E-state index in [2.05, 4.69) is 25.1 Å². The average Bonchev–Trinajstić information content (AvgIpc) is 2.92. The van der Waals surface area contributed by atoms with E-state index in [9.17, 15) is 0 Å². The lowest BCUT2D eigenvalue weighted by molar-refractivity contribution is 0.113. The smallest absolute Gasteiger partial charge is 0.316 e. The maximum absolute atomic E-state index is 5.65. The molecule has 0 aliphatic carbocycles. The molecule has 7 heteroatoms. The molecule has 0 bridgehead atoms. The van der Waals surface area contributed by atoms with Crippen LogP contribution in [0.3, 0.4) is 0 Å². The Hall–Kier alpha value is -2.02. The normalized spacial score (nSPS) is 19.6. The number of aromatic nitrogens is 4. The molecule has 1 fully saturated rings. The van der Waals surface area contributed by atoms with Crippen molar-refractivity contribution in [2.24, 2.45) is 5.92 Å². The summed E-state index contributed by atoms with van der Waals surface area (Å²) in [4.78, 5) is 10.5. The molecule has 0 N–H and O–H groups in total. The van der Waals surface area contributed by atoms with Crippen LogP contribution in [0, 0.1) is 12.8 Å². The number of likely N-dealkylation sites (tertiary alicyclic amines) is 1. The SMILES string of the molecule is Cc1nnc(CN2CCCC(COc3ncccn3)C2)o1. The first-order chi connectivity index (χ1) is 10.3. The van der Waals surface area contributed by atoms with Crippen LogP contribution in [0.15, 0.2) is 22.9 Å². The summed E-state index contributed by atoms with van der Waals surface area (Å²) in [5.41, 5.74) is 0. The lowest BCUT2D eigenvalue weighted by Crippen LogP contribution is -2.37. The van der Waals surface area contributed by atoms with E-state index >= 15 is 0 Å². The summed E-state index contributed by atoms with van der Waals surface area (Å²) in [6.45, 7) is 5.18. The van der Waals surface area contributed by atoms with Crippen LogP contribution in [-0.4, -0.2) is 44.8 Å². The molecule has 3 heterocycles. The molecule has 0 amide bonds. The molecule has 1 saturated heterocycles. The largest absolute Gasteiger partial charge is 0.463 e. The van der Waals surface area contributed by atoms with Gasteiger partial charge in [0.05, 0.1) is 13.2 Å². The first-order valence-electron chi connectivity index (χ1n) is 7.21. The topological polar surface area (TPSA) is 77.2 Å². The summed E-state index contributed by atoms with van der Waals surface area (Å²) in [5.74, 6) is 1.77. The highest BCUT2D eigenvalue weighted by molar-refractivity contribution is 4.93. The van der Waals surface area contributed by atoms with Crippen LogP contribution in [-0.2, 0) is 6.54 Å². The van der Waals surface area contributed by atoms with Gasteiger partial charge in [0.2, 0.25) is 11.8 Å². The van der Waals surface area contributed by atoms with E-state index in [1.54, 1.807) is 18.5 Å². The zero-order valence-corrected chi connectivity index (χ0v) is 12.1. The number of aryl methyl sites for hydroxylation is 1. The Kier molecular flexibility index (Phi) is 4.40. The minimum Gasteiger partial charge on any atom is -0.463 e. The van der Waals surface area contributed by atoms with Crippen molar-refractivity contribution < 1.29 is 9.15 Å². The van der Waals surface area contributed by atoms with Gasteiger partial charge in [0.15, 0.2) is 0 Å². The highest BCUT2D eigenvalue weighted by Crippen LogP contribution is 2.19. The van der Waals surface area contributed by atoms with Crippen molar-refractivity contribution in [3.8, 4) is 6.01 Å². The third-order valence-electron chi connectivity index (χ3n) is 3.52. The highest BCUT2D eigenvalue weighted by Gasteiger charge is 2.22. The van der Waals surface area contributed by atoms with Crippen LogP contribution < -0.4 is 4.74 Å². The third-order valence-corrected chi connectivity index (χ3v) is 3.52. The Morgan fingerprint density at radius 3 is 2.95 bits per heavy atom. The predicted molar refractivity (Wildman–Crippen MR) is 74.6 cm³/mol. The predicted octanol–water partition coefficient (Wildman–Crippen LogP) is 1.46. The second-order valence-electron chi connectivity index (χ2n) is 5.30. The minimum absolute atomic E-state index is 0.446. The Balaban J connectivity index is 1.49. The maximum Gasteiger partial charge on any atom is 0.316 e. The minimum atomic E-state index is 0.446. The molecule has 21 heavy (non-hydrogen) atoms. The van der Waals surface area contributed by atoms with Gasteiger partial charge in [0.1, 0.15) is 0 Å². The second-order valence-corrected chi connectivity index (χ2v) is 5.30. The summed E-state index contributed by atoms with van der Waals surface area (Å²) in [5, 5.41) is 7.91. The summed E-state index contributed by atoms with van der Waals surface area (Å²) >= 11 is 0. The molecule has 1 atom stereocenters. The van der Waals surface area contributed by atoms with Gasteiger partial charge in [-0.05, 0) is 25.5 Å². The first-order valence-corrected chi connectivity index (χ1v) is 7.21. The summed E-state index contributed by atoms with van der Waals surface area (Å²) in [7, 11) is 0. The number of nitrogens with zero attached hydrogens (tertiary/aromatic N) is 5. The van der Waals surface area contributed by atoms with E-state index in [1.165, 1.54) is 0 Å². The fourth-order valence-corrected chi connectivity index (χ4v) is 2.58. The Labute approximate surface area is 123 Å². The summed E-state index contributed by atoms with van der Waals surface area (Å²) in [6, 6.07) is 2.23. The van der Waals surface area contributed by atoms with Crippen LogP contribution in [0.5, 0.6) is 6.01 Å². The molecule has 0 radical (unpaired) electrons. The van der Waals surface area contributed by atoms with E-state index in [0.717, 1.165) is 25.9 Å².